The third-order valence-corrected chi connectivity index (χ3v) is 8.49. The second kappa shape index (κ2) is 12.5. The fourth-order valence-electron chi connectivity index (χ4n) is 4.67. The highest BCUT2D eigenvalue weighted by molar-refractivity contribution is 9.10. The van der Waals surface area contributed by atoms with Crippen LogP contribution in [-0.4, -0.2) is 17.1 Å². The molecule has 1 aliphatic heterocycles. The lowest BCUT2D eigenvalue weighted by molar-refractivity contribution is -0.139. The lowest BCUT2D eigenvalue weighted by Gasteiger charge is -2.24. The molecule has 42 heavy (non-hydrogen) atoms. The first kappa shape index (κ1) is 29.5. The number of allylic oxidation sites excluding steroid dienone is 1. The number of esters is 1. The number of carbonyl (C=O) groups is 1. The maximum absolute atomic E-state index is 14.0. The summed E-state index contributed by atoms with van der Waals surface area (Å²) in [4.78, 5) is 32.2. The van der Waals surface area contributed by atoms with E-state index in [1.54, 1.807) is 48.8 Å². The van der Waals surface area contributed by atoms with E-state index in [1.165, 1.54) is 11.3 Å². The first-order valence-electron chi connectivity index (χ1n) is 13.1. The Morgan fingerprint density at radius 3 is 2.55 bits per heavy atom. The number of nitrogens with zero attached hydrogens (tertiary/aromatic N) is 3. The zero-order valence-corrected chi connectivity index (χ0v) is 26.1. The van der Waals surface area contributed by atoms with Gasteiger partial charge in [-0.3, -0.25) is 9.36 Å². The normalized spacial score (nSPS) is 14.7. The number of halogens is 2. The summed E-state index contributed by atoms with van der Waals surface area (Å²) in [6, 6.07) is 19.7. The van der Waals surface area contributed by atoms with Crippen LogP contribution in [0.25, 0.3) is 6.08 Å². The van der Waals surface area contributed by atoms with Crippen molar-refractivity contribution in [1.82, 2.24) is 4.57 Å². The number of thiazole rings is 1. The van der Waals surface area contributed by atoms with Gasteiger partial charge < -0.3 is 9.47 Å². The number of carbonyl (C=O) groups excluding carboxylic acids is 1. The number of ether oxygens (including phenoxy) is 2. The van der Waals surface area contributed by atoms with E-state index in [0.717, 1.165) is 16.7 Å². The van der Waals surface area contributed by atoms with Crippen LogP contribution >= 0.6 is 38.9 Å². The monoisotopic (exact) mass is 661 g/mol. The van der Waals surface area contributed by atoms with Gasteiger partial charge in [0.1, 0.15) is 12.4 Å². The molecule has 0 bridgehead atoms. The van der Waals surface area contributed by atoms with E-state index >= 15 is 0 Å². The summed E-state index contributed by atoms with van der Waals surface area (Å²) < 4.78 is 14.1. The molecule has 0 saturated heterocycles. The summed E-state index contributed by atoms with van der Waals surface area (Å²) >= 11 is 11.2. The van der Waals surface area contributed by atoms with E-state index < -0.39 is 12.0 Å². The van der Waals surface area contributed by atoms with Crippen LogP contribution in [0.3, 0.4) is 0 Å². The molecule has 0 amide bonds. The molecular formula is C32H25BrClN3O4S. The van der Waals surface area contributed by atoms with E-state index in [2.05, 4.69) is 27.0 Å². The number of hydrogen-bond acceptors (Lipinski definition) is 7. The van der Waals surface area contributed by atoms with Crippen LogP contribution in [0, 0.1) is 18.3 Å². The summed E-state index contributed by atoms with van der Waals surface area (Å²) in [6.07, 6.45) is 1.73. The Hall–Kier alpha value is -3.97. The molecule has 1 aromatic heterocycles. The average Bonchev–Trinajstić information content (AvgIpc) is 3.26. The summed E-state index contributed by atoms with van der Waals surface area (Å²) in [7, 11) is 0. The molecule has 10 heteroatoms. The zero-order chi connectivity index (χ0) is 30.0. The number of hydrogen-bond donors (Lipinski definition) is 0. The van der Waals surface area contributed by atoms with Gasteiger partial charge in [0.15, 0.2) is 4.80 Å². The van der Waals surface area contributed by atoms with Gasteiger partial charge in [-0.05, 0) is 78.2 Å². The molecule has 0 spiro atoms. The second-order valence-corrected chi connectivity index (χ2v) is 11.9. The van der Waals surface area contributed by atoms with E-state index in [9.17, 15) is 9.59 Å². The van der Waals surface area contributed by atoms with Crippen molar-refractivity contribution in [2.24, 2.45) is 4.99 Å². The average molecular weight is 663 g/mol. The summed E-state index contributed by atoms with van der Waals surface area (Å²) in [6.45, 7) is 5.92. The minimum atomic E-state index is -0.693. The van der Waals surface area contributed by atoms with E-state index in [1.807, 2.05) is 43.3 Å². The van der Waals surface area contributed by atoms with Crippen LogP contribution in [0.15, 0.2) is 86.2 Å². The van der Waals surface area contributed by atoms with Crippen molar-refractivity contribution in [3.8, 4) is 11.8 Å². The smallest absolute Gasteiger partial charge is 0.338 e. The van der Waals surface area contributed by atoms with Crippen LogP contribution in [0.4, 0.5) is 0 Å². The van der Waals surface area contributed by atoms with Crippen molar-refractivity contribution in [2.45, 2.75) is 33.4 Å². The van der Waals surface area contributed by atoms with Gasteiger partial charge in [-0.25, -0.2) is 9.79 Å². The fourth-order valence-corrected chi connectivity index (χ4v) is 6.65. The van der Waals surface area contributed by atoms with Gasteiger partial charge >= 0.3 is 5.97 Å². The minimum Gasteiger partial charge on any atom is -0.487 e. The molecular weight excluding hydrogens is 638 g/mol. The van der Waals surface area contributed by atoms with Gasteiger partial charge in [0.2, 0.25) is 0 Å². The summed E-state index contributed by atoms with van der Waals surface area (Å²) in [5.74, 6) is 0.00365. The predicted molar refractivity (Wildman–Crippen MR) is 166 cm³/mol. The SMILES string of the molecule is CCOC(=O)C1=C(C)N=c2s/c(=C\c3cc(Cl)cc(Br)c3OCc3ccc(C#N)cc3)c(=O)n2[C@H]1c1ccc(C)cc1. The predicted octanol–water partition coefficient (Wildman–Crippen LogP) is 5.97. The second-order valence-electron chi connectivity index (χ2n) is 9.62. The molecule has 1 aliphatic rings. The Labute approximate surface area is 259 Å². The molecule has 0 saturated carbocycles. The topological polar surface area (TPSA) is 93.7 Å². The molecule has 2 heterocycles. The highest BCUT2D eigenvalue weighted by Crippen LogP contribution is 2.34. The summed E-state index contributed by atoms with van der Waals surface area (Å²) in [5.41, 5.74) is 4.41. The van der Waals surface area contributed by atoms with E-state index in [0.29, 0.717) is 47.0 Å². The Morgan fingerprint density at radius 2 is 1.88 bits per heavy atom. The van der Waals surface area contributed by atoms with Gasteiger partial charge in [-0.15, -0.1) is 0 Å². The molecule has 5 rings (SSSR count). The molecule has 0 unspecified atom stereocenters. The molecule has 7 nitrogen and oxygen atoms in total. The third kappa shape index (κ3) is 5.97. The van der Waals surface area contributed by atoms with Crippen LogP contribution in [0.1, 0.15) is 47.7 Å². The molecule has 3 aromatic carbocycles. The van der Waals surface area contributed by atoms with Crippen LogP contribution in [0.2, 0.25) is 5.02 Å². The Kier molecular flexibility index (Phi) is 8.78. The van der Waals surface area contributed by atoms with E-state index in [4.69, 9.17) is 26.3 Å². The maximum atomic E-state index is 14.0. The van der Waals surface area contributed by atoms with Crippen molar-refractivity contribution >= 4 is 50.9 Å². The number of benzene rings is 3. The largest absolute Gasteiger partial charge is 0.487 e. The molecule has 0 aliphatic carbocycles. The number of aryl methyl sites for hydroxylation is 1. The van der Waals surface area contributed by atoms with Gasteiger partial charge in [-0.2, -0.15) is 5.26 Å². The highest BCUT2D eigenvalue weighted by Gasteiger charge is 2.33. The van der Waals surface area contributed by atoms with Crippen LogP contribution in [-0.2, 0) is 16.1 Å². The Bertz CT molecular complexity index is 1940. The number of rotatable bonds is 7. The van der Waals surface area contributed by atoms with Crippen molar-refractivity contribution in [3.63, 3.8) is 0 Å². The van der Waals surface area contributed by atoms with Crippen molar-refractivity contribution in [1.29, 1.82) is 5.26 Å². The fraction of sp³-hybridized carbons (Fsp3) is 0.188. The van der Waals surface area contributed by atoms with Crippen LogP contribution in [0.5, 0.6) is 5.75 Å². The molecule has 1 atom stereocenters. The number of fused-ring (bicyclic) bond motifs is 1. The molecule has 4 aromatic rings. The van der Waals surface area contributed by atoms with Crippen LogP contribution < -0.4 is 19.6 Å². The van der Waals surface area contributed by atoms with E-state index in [-0.39, 0.29) is 18.8 Å². The number of aromatic nitrogens is 1. The lowest BCUT2D eigenvalue weighted by Crippen LogP contribution is -2.39. The van der Waals surface area contributed by atoms with Gasteiger partial charge in [0.25, 0.3) is 5.56 Å². The molecule has 0 N–H and O–H groups in total. The lowest BCUT2D eigenvalue weighted by atomic mass is 9.95. The zero-order valence-electron chi connectivity index (χ0n) is 23.0. The Balaban J connectivity index is 1.62. The first-order chi connectivity index (χ1) is 20.2. The Morgan fingerprint density at radius 1 is 1.17 bits per heavy atom. The minimum absolute atomic E-state index is 0.204. The third-order valence-electron chi connectivity index (χ3n) is 6.70. The van der Waals surface area contributed by atoms with Gasteiger partial charge in [0, 0.05) is 10.6 Å². The quantitative estimate of drug-likeness (QED) is 0.227. The van der Waals surface area contributed by atoms with Crippen molar-refractivity contribution in [2.75, 3.05) is 6.61 Å². The first-order valence-corrected chi connectivity index (χ1v) is 15.1. The summed E-state index contributed by atoms with van der Waals surface area (Å²) in [5, 5.41) is 9.53. The number of nitriles is 1. The molecule has 212 valence electrons. The standard InChI is InChI=1S/C32H25BrClN3O4S/c1-4-40-31(39)27-19(3)36-32-37(28(27)22-11-5-18(2)6-12-22)30(38)26(42-32)14-23-13-24(34)15-25(33)29(23)41-17-21-9-7-20(16-35)8-10-21/h5-15,28H,4,17H2,1-3H3/b26-14-/t28-/m0/s1. The molecule has 0 fully saturated rings. The maximum Gasteiger partial charge on any atom is 0.338 e. The van der Waals surface area contributed by atoms with Crippen molar-refractivity contribution in [3.05, 3.63) is 129 Å². The molecule has 0 radical (unpaired) electrons. The van der Waals surface area contributed by atoms with Gasteiger partial charge in [-0.1, -0.05) is 64.9 Å². The highest BCUT2D eigenvalue weighted by atomic mass is 79.9. The van der Waals surface area contributed by atoms with Crippen molar-refractivity contribution < 1.29 is 14.3 Å². The van der Waals surface area contributed by atoms with Gasteiger partial charge in [0.05, 0.1) is 44.6 Å².